The molecule has 1 amide bonds. The van der Waals surface area contributed by atoms with Gasteiger partial charge in [0.25, 0.3) is 0 Å². The molecule has 0 radical (unpaired) electrons. The summed E-state index contributed by atoms with van der Waals surface area (Å²) in [5, 5.41) is 0. The summed E-state index contributed by atoms with van der Waals surface area (Å²) in [5.74, 6) is 2.16. The normalized spacial score (nSPS) is 13.2. The Morgan fingerprint density at radius 3 is 2.34 bits per heavy atom. The highest BCUT2D eigenvalue weighted by Crippen LogP contribution is 2.38. The minimum Gasteiger partial charge on any atom is -0.496 e. The van der Waals surface area contributed by atoms with Gasteiger partial charge in [0.15, 0.2) is 17.1 Å². The van der Waals surface area contributed by atoms with Crippen LogP contribution in [0.15, 0.2) is 60.9 Å². The predicted octanol–water partition coefficient (Wildman–Crippen LogP) is 4.43. The van der Waals surface area contributed by atoms with Crippen molar-refractivity contribution >= 4 is 17.2 Å². The summed E-state index contributed by atoms with van der Waals surface area (Å²) >= 11 is 0. The maximum atomic E-state index is 12.3. The number of carbonyl (C=O) groups is 1. The van der Waals surface area contributed by atoms with Crippen LogP contribution in [-0.2, 0) is 4.79 Å². The summed E-state index contributed by atoms with van der Waals surface area (Å²) in [6, 6.07) is 15.6. The van der Waals surface area contributed by atoms with E-state index in [0.29, 0.717) is 24.5 Å². The number of para-hydroxylation sites is 1. The molecule has 32 heavy (non-hydrogen) atoms. The second kappa shape index (κ2) is 7.92. The second-order valence-electron chi connectivity index (χ2n) is 7.52. The molecule has 1 aliphatic rings. The van der Waals surface area contributed by atoms with Gasteiger partial charge in [0.05, 0.1) is 38.9 Å². The SMILES string of the molecule is COc1ccc(-c2cnc3c(N4CCC4=O)cc(-c4ccccc4OC)cn23)cc1OC. The van der Waals surface area contributed by atoms with Crippen LogP contribution in [0.2, 0.25) is 0 Å². The quantitative estimate of drug-likeness (QED) is 0.424. The molecule has 1 saturated heterocycles. The van der Waals surface area contributed by atoms with E-state index >= 15 is 0 Å². The third-order valence-electron chi connectivity index (χ3n) is 5.82. The second-order valence-corrected chi connectivity index (χ2v) is 7.52. The molecule has 0 bridgehead atoms. The van der Waals surface area contributed by atoms with Gasteiger partial charge in [-0.05, 0) is 30.3 Å². The molecule has 4 aromatic rings. The van der Waals surface area contributed by atoms with Gasteiger partial charge in [0, 0.05) is 35.9 Å². The Morgan fingerprint density at radius 2 is 1.66 bits per heavy atom. The van der Waals surface area contributed by atoms with Crippen molar-refractivity contribution in [3.05, 3.63) is 60.9 Å². The van der Waals surface area contributed by atoms with Crippen LogP contribution in [0, 0.1) is 0 Å². The number of hydrogen-bond donors (Lipinski definition) is 0. The van der Waals surface area contributed by atoms with Crippen molar-refractivity contribution in [2.24, 2.45) is 0 Å². The van der Waals surface area contributed by atoms with Gasteiger partial charge in [-0.15, -0.1) is 0 Å². The molecular weight excluding hydrogens is 406 g/mol. The zero-order valence-corrected chi connectivity index (χ0v) is 18.2. The molecule has 1 fully saturated rings. The number of hydrogen-bond acceptors (Lipinski definition) is 5. The summed E-state index contributed by atoms with van der Waals surface area (Å²) in [6.45, 7) is 0.683. The Morgan fingerprint density at radius 1 is 0.875 bits per heavy atom. The number of nitrogens with zero attached hydrogens (tertiary/aromatic N) is 3. The van der Waals surface area contributed by atoms with E-state index in [1.54, 1.807) is 26.2 Å². The molecule has 0 atom stereocenters. The third-order valence-corrected chi connectivity index (χ3v) is 5.82. The van der Waals surface area contributed by atoms with Gasteiger partial charge in [-0.3, -0.25) is 9.20 Å². The first kappa shape index (κ1) is 19.9. The standard InChI is InChI=1S/C25H23N3O4/c1-30-21-7-5-4-6-18(21)17-12-19(27-11-10-24(27)29)25-26-14-20(28(25)15-17)16-8-9-22(31-2)23(13-16)32-3/h4-9,12-15H,10-11H2,1-3H3. The molecule has 162 valence electrons. The lowest BCUT2D eigenvalue weighted by Gasteiger charge is -2.31. The highest BCUT2D eigenvalue weighted by atomic mass is 16.5. The van der Waals surface area contributed by atoms with Gasteiger partial charge in [0.2, 0.25) is 5.91 Å². The predicted molar refractivity (Wildman–Crippen MR) is 123 cm³/mol. The Labute approximate surface area is 185 Å². The highest BCUT2D eigenvalue weighted by Gasteiger charge is 2.29. The molecular formula is C25H23N3O4. The fourth-order valence-corrected chi connectivity index (χ4v) is 4.08. The lowest BCUT2D eigenvalue weighted by molar-refractivity contribution is -0.122. The number of methoxy groups -OCH3 is 3. The minimum absolute atomic E-state index is 0.0970. The van der Waals surface area contributed by atoms with E-state index in [2.05, 4.69) is 4.98 Å². The Hall–Kier alpha value is -4.00. The number of aromatic nitrogens is 2. The van der Waals surface area contributed by atoms with Crippen molar-refractivity contribution in [1.82, 2.24) is 9.38 Å². The first-order valence-corrected chi connectivity index (χ1v) is 10.3. The maximum Gasteiger partial charge on any atom is 0.228 e. The number of pyridine rings is 1. The topological polar surface area (TPSA) is 65.3 Å². The molecule has 0 N–H and O–H groups in total. The van der Waals surface area contributed by atoms with E-state index in [0.717, 1.165) is 39.5 Å². The third kappa shape index (κ3) is 3.13. The minimum atomic E-state index is 0.0970. The van der Waals surface area contributed by atoms with Crippen molar-refractivity contribution in [2.45, 2.75) is 6.42 Å². The highest BCUT2D eigenvalue weighted by molar-refractivity contribution is 6.03. The van der Waals surface area contributed by atoms with E-state index in [1.807, 2.05) is 65.3 Å². The smallest absolute Gasteiger partial charge is 0.228 e. The number of anilines is 1. The molecule has 7 nitrogen and oxygen atoms in total. The molecule has 3 heterocycles. The summed E-state index contributed by atoms with van der Waals surface area (Å²) in [5.41, 5.74) is 5.19. The molecule has 2 aromatic heterocycles. The Bertz CT molecular complexity index is 1330. The lowest BCUT2D eigenvalue weighted by atomic mass is 10.0. The number of β-lactam (4-membered cyclic amide) rings is 1. The number of carbonyl (C=O) groups excluding carboxylic acids is 1. The first-order chi connectivity index (χ1) is 15.6. The number of amides is 1. The van der Waals surface area contributed by atoms with Gasteiger partial charge in [0.1, 0.15) is 5.75 Å². The van der Waals surface area contributed by atoms with E-state index in [1.165, 1.54) is 0 Å². The average Bonchev–Trinajstić information content (AvgIpc) is 3.26. The number of rotatable bonds is 6. The van der Waals surface area contributed by atoms with Gasteiger partial charge >= 0.3 is 0 Å². The summed E-state index contributed by atoms with van der Waals surface area (Å²) in [6.07, 6.45) is 4.39. The van der Waals surface area contributed by atoms with Crippen LogP contribution >= 0.6 is 0 Å². The van der Waals surface area contributed by atoms with Crippen LogP contribution in [0.25, 0.3) is 28.0 Å². The zero-order valence-electron chi connectivity index (χ0n) is 18.2. The van der Waals surface area contributed by atoms with Gasteiger partial charge < -0.3 is 19.1 Å². The Kier molecular flexibility index (Phi) is 4.93. The number of fused-ring (bicyclic) bond motifs is 1. The largest absolute Gasteiger partial charge is 0.496 e. The van der Waals surface area contributed by atoms with Crippen LogP contribution < -0.4 is 19.1 Å². The van der Waals surface area contributed by atoms with Crippen molar-refractivity contribution in [3.8, 4) is 39.6 Å². The first-order valence-electron chi connectivity index (χ1n) is 10.3. The van der Waals surface area contributed by atoms with Crippen molar-refractivity contribution in [2.75, 3.05) is 32.8 Å². The van der Waals surface area contributed by atoms with Gasteiger partial charge in [-0.2, -0.15) is 0 Å². The van der Waals surface area contributed by atoms with Gasteiger partial charge in [-0.1, -0.05) is 18.2 Å². The monoisotopic (exact) mass is 429 g/mol. The molecule has 1 aliphatic heterocycles. The van der Waals surface area contributed by atoms with E-state index in [9.17, 15) is 4.79 Å². The van der Waals surface area contributed by atoms with Crippen LogP contribution in [-0.4, -0.2) is 43.2 Å². The Balaban J connectivity index is 1.75. The van der Waals surface area contributed by atoms with Crippen molar-refractivity contribution in [3.63, 3.8) is 0 Å². The number of ether oxygens (including phenoxy) is 3. The molecule has 0 aliphatic carbocycles. The van der Waals surface area contributed by atoms with Crippen LogP contribution in [0.5, 0.6) is 17.2 Å². The fraction of sp³-hybridized carbons (Fsp3) is 0.200. The van der Waals surface area contributed by atoms with E-state index < -0.39 is 0 Å². The molecule has 0 spiro atoms. The van der Waals surface area contributed by atoms with Crippen LogP contribution in [0.1, 0.15) is 6.42 Å². The molecule has 0 unspecified atom stereocenters. The van der Waals surface area contributed by atoms with Crippen molar-refractivity contribution in [1.29, 1.82) is 0 Å². The van der Waals surface area contributed by atoms with Crippen molar-refractivity contribution < 1.29 is 19.0 Å². The average molecular weight is 429 g/mol. The summed E-state index contributed by atoms with van der Waals surface area (Å²) in [4.78, 5) is 18.8. The lowest BCUT2D eigenvalue weighted by Crippen LogP contribution is -2.43. The molecule has 5 rings (SSSR count). The molecule has 0 saturated carbocycles. The number of imidazole rings is 1. The summed E-state index contributed by atoms with van der Waals surface area (Å²) in [7, 11) is 4.88. The zero-order chi connectivity index (χ0) is 22.2. The molecule has 2 aromatic carbocycles. The van der Waals surface area contributed by atoms with E-state index in [4.69, 9.17) is 14.2 Å². The van der Waals surface area contributed by atoms with Gasteiger partial charge in [-0.25, -0.2) is 4.98 Å². The van der Waals surface area contributed by atoms with Crippen LogP contribution in [0.4, 0.5) is 5.69 Å². The van der Waals surface area contributed by atoms with Crippen LogP contribution in [0.3, 0.4) is 0 Å². The molecule has 7 heteroatoms. The fourth-order valence-electron chi connectivity index (χ4n) is 4.08. The summed E-state index contributed by atoms with van der Waals surface area (Å²) < 4.78 is 18.5. The van der Waals surface area contributed by atoms with E-state index in [-0.39, 0.29) is 5.91 Å². The maximum absolute atomic E-state index is 12.3. The number of benzene rings is 2.